The van der Waals surface area contributed by atoms with Crippen LogP contribution in [0.3, 0.4) is 0 Å². The summed E-state index contributed by atoms with van der Waals surface area (Å²) in [6.45, 7) is 8.72. The van der Waals surface area contributed by atoms with Crippen molar-refractivity contribution in [3.63, 3.8) is 0 Å². The lowest BCUT2D eigenvalue weighted by Gasteiger charge is -2.54. The van der Waals surface area contributed by atoms with Crippen LogP contribution in [0.15, 0.2) is 23.0 Å². The van der Waals surface area contributed by atoms with Crippen LogP contribution >= 0.6 is 0 Å². The number of aryl methyl sites for hydroxylation is 1. The molecule has 2 aliphatic heterocycles. The molecule has 2 amide bonds. The minimum atomic E-state index is -0.712. The third kappa shape index (κ3) is 4.99. The van der Waals surface area contributed by atoms with Crippen molar-refractivity contribution in [1.82, 2.24) is 19.4 Å². The van der Waals surface area contributed by atoms with Crippen molar-refractivity contribution < 1.29 is 19.1 Å². The third-order valence-electron chi connectivity index (χ3n) is 7.24. The van der Waals surface area contributed by atoms with E-state index in [1.807, 2.05) is 39.0 Å². The second-order valence-corrected chi connectivity index (χ2v) is 11.2. The molecule has 10 nitrogen and oxygen atoms in total. The van der Waals surface area contributed by atoms with E-state index in [0.717, 1.165) is 43.4 Å². The van der Waals surface area contributed by atoms with Crippen LogP contribution in [0, 0.1) is 5.41 Å². The summed E-state index contributed by atoms with van der Waals surface area (Å²) >= 11 is 0. The van der Waals surface area contributed by atoms with Crippen LogP contribution in [-0.4, -0.2) is 71.1 Å². The lowest BCUT2D eigenvalue weighted by molar-refractivity contribution is -0.121. The number of benzene rings is 1. The predicted molar refractivity (Wildman–Crippen MR) is 137 cm³/mol. The van der Waals surface area contributed by atoms with Crippen molar-refractivity contribution in [2.75, 3.05) is 38.1 Å². The fourth-order valence-electron chi connectivity index (χ4n) is 5.44. The van der Waals surface area contributed by atoms with Gasteiger partial charge in [-0.1, -0.05) is 0 Å². The molecule has 2 saturated heterocycles. The zero-order valence-electron chi connectivity index (χ0n) is 21.9. The number of aromatic nitrogens is 2. The van der Waals surface area contributed by atoms with Gasteiger partial charge in [-0.3, -0.25) is 13.9 Å². The molecule has 0 saturated carbocycles. The lowest BCUT2D eigenvalue weighted by Crippen LogP contribution is -2.64. The molecule has 3 heterocycles. The Morgan fingerprint density at radius 3 is 2.56 bits per heavy atom. The number of hydrogen-bond acceptors (Lipinski definition) is 6. The molecule has 0 aliphatic carbocycles. The van der Waals surface area contributed by atoms with Crippen molar-refractivity contribution >= 4 is 35.0 Å². The van der Waals surface area contributed by atoms with Crippen LogP contribution in [0.1, 0.15) is 52.5 Å². The highest BCUT2D eigenvalue weighted by Crippen LogP contribution is 2.41. The van der Waals surface area contributed by atoms with Crippen molar-refractivity contribution in [2.45, 2.75) is 58.1 Å². The molecule has 4 rings (SSSR count). The number of carbonyl (C=O) groups is 3. The average molecular weight is 500 g/mol. The highest BCUT2D eigenvalue weighted by molar-refractivity contribution is 5.82. The summed E-state index contributed by atoms with van der Waals surface area (Å²) in [7, 11) is 3.25. The number of ether oxygens (including phenoxy) is 1. The van der Waals surface area contributed by atoms with E-state index in [1.165, 1.54) is 4.57 Å². The number of likely N-dealkylation sites (tertiary alicyclic amines) is 1. The van der Waals surface area contributed by atoms with Crippen LogP contribution in [0.5, 0.6) is 0 Å². The molecule has 36 heavy (non-hydrogen) atoms. The summed E-state index contributed by atoms with van der Waals surface area (Å²) in [4.78, 5) is 53.1. The molecule has 2 aliphatic rings. The van der Waals surface area contributed by atoms with E-state index in [9.17, 15) is 19.2 Å². The molecule has 2 aromatic rings. The van der Waals surface area contributed by atoms with Gasteiger partial charge in [-0.15, -0.1) is 0 Å². The van der Waals surface area contributed by atoms with Crippen molar-refractivity contribution in [3.8, 4) is 0 Å². The summed E-state index contributed by atoms with van der Waals surface area (Å²) in [5.41, 5.74) is 1.69. The monoisotopic (exact) mass is 499 g/mol. The SMILES string of the molecule is CNC(=O)CCC(C=O)n1c(=O)n(C)c2cc(N3CCCC4(CN(C(=O)OC(C)(C)C)C4)C3)ccc21. The van der Waals surface area contributed by atoms with E-state index in [-0.39, 0.29) is 35.9 Å². The highest BCUT2D eigenvalue weighted by atomic mass is 16.6. The normalized spacial score (nSPS) is 18.1. The Hall–Kier alpha value is -3.30. The van der Waals surface area contributed by atoms with Gasteiger partial charge < -0.3 is 24.6 Å². The van der Waals surface area contributed by atoms with E-state index in [0.29, 0.717) is 18.6 Å². The van der Waals surface area contributed by atoms with Gasteiger partial charge in [-0.05, 0) is 58.2 Å². The van der Waals surface area contributed by atoms with Gasteiger partial charge in [-0.2, -0.15) is 0 Å². The molecule has 1 N–H and O–H groups in total. The molecule has 1 aromatic carbocycles. The van der Waals surface area contributed by atoms with Crippen LogP contribution in [-0.2, 0) is 21.4 Å². The fraction of sp³-hybridized carbons (Fsp3) is 0.615. The first-order valence-electron chi connectivity index (χ1n) is 12.6. The largest absolute Gasteiger partial charge is 0.444 e. The van der Waals surface area contributed by atoms with Gasteiger partial charge in [0.15, 0.2) is 0 Å². The first-order chi connectivity index (χ1) is 17.0. The molecule has 0 radical (unpaired) electrons. The Balaban J connectivity index is 1.52. The van der Waals surface area contributed by atoms with Crippen LogP contribution in [0.4, 0.5) is 10.5 Å². The third-order valence-corrected chi connectivity index (χ3v) is 7.24. The first-order valence-corrected chi connectivity index (χ1v) is 12.6. The second-order valence-electron chi connectivity index (χ2n) is 11.2. The lowest BCUT2D eigenvalue weighted by atomic mass is 9.73. The number of rotatable bonds is 6. The van der Waals surface area contributed by atoms with Crippen molar-refractivity contribution in [3.05, 3.63) is 28.7 Å². The summed E-state index contributed by atoms with van der Waals surface area (Å²) in [5, 5.41) is 2.55. The van der Waals surface area contributed by atoms with Gasteiger partial charge in [0.25, 0.3) is 0 Å². The van der Waals surface area contributed by atoms with Crippen LogP contribution < -0.4 is 15.9 Å². The maximum atomic E-state index is 13.1. The number of anilines is 1. The molecule has 1 aromatic heterocycles. The topological polar surface area (TPSA) is 106 Å². The van der Waals surface area contributed by atoms with Crippen LogP contribution in [0.25, 0.3) is 11.0 Å². The van der Waals surface area contributed by atoms with Crippen LogP contribution in [0.2, 0.25) is 0 Å². The number of amides is 2. The summed E-state index contributed by atoms with van der Waals surface area (Å²) < 4.78 is 8.56. The van der Waals surface area contributed by atoms with E-state index in [1.54, 1.807) is 23.6 Å². The number of aldehydes is 1. The molecule has 10 heteroatoms. The molecule has 0 bridgehead atoms. The summed E-state index contributed by atoms with van der Waals surface area (Å²) in [6.07, 6.45) is 2.98. The number of fused-ring (bicyclic) bond motifs is 1. The Morgan fingerprint density at radius 1 is 1.19 bits per heavy atom. The van der Waals surface area contributed by atoms with Gasteiger partial charge >= 0.3 is 11.8 Å². The smallest absolute Gasteiger partial charge is 0.410 e. The molecule has 2 fully saturated rings. The van der Waals surface area contributed by atoms with E-state index in [4.69, 9.17) is 4.74 Å². The van der Waals surface area contributed by atoms with E-state index < -0.39 is 11.6 Å². The van der Waals surface area contributed by atoms with E-state index in [2.05, 4.69) is 10.2 Å². The number of nitrogens with one attached hydrogen (secondary N) is 1. The Labute approximate surface area is 211 Å². The maximum absolute atomic E-state index is 13.1. The molecular weight excluding hydrogens is 462 g/mol. The van der Waals surface area contributed by atoms with Gasteiger partial charge in [0.1, 0.15) is 11.9 Å². The molecule has 1 spiro atoms. The number of imidazole rings is 1. The number of nitrogens with zero attached hydrogens (tertiary/aromatic N) is 4. The summed E-state index contributed by atoms with van der Waals surface area (Å²) in [6, 6.07) is 5.16. The second kappa shape index (κ2) is 9.63. The Morgan fingerprint density at radius 2 is 1.92 bits per heavy atom. The zero-order chi connectivity index (χ0) is 26.3. The van der Waals surface area contributed by atoms with Gasteiger partial charge in [0, 0.05) is 57.8 Å². The van der Waals surface area contributed by atoms with Gasteiger partial charge in [0.05, 0.1) is 17.1 Å². The van der Waals surface area contributed by atoms with Crippen molar-refractivity contribution in [2.24, 2.45) is 12.5 Å². The molecule has 1 atom stereocenters. The predicted octanol–water partition coefficient (Wildman–Crippen LogP) is 2.44. The minimum Gasteiger partial charge on any atom is -0.444 e. The standard InChI is InChI=1S/C26H37N5O5/c1-25(2,3)36-24(35)30-16-26(17-30)11-6-12-29(15-26)18-7-9-20-21(13-18)28(5)23(34)31(20)19(14-32)8-10-22(33)27-4/h7,9,13-14,19H,6,8,10-12,15-17H2,1-5H3,(H,27,33). The first kappa shape index (κ1) is 25.8. The molecule has 1 unspecified atom stereocenters. The highest BCUT2D eigenvalue weighted by Gasteiger charge is 2.48. The number of hydrogen-bond donors (Lipinski definition) is 1. The Kier molecular flexibility index (Phi) is 6.90. The summed E-state index contributed by atoms with van der Waals surface area (Å²) in [5.74, 6) is -0.169. The average Bonchev–Trinajstić information content (AvgIpc) is 3.06. The van der Waals surface area contributed by atoms with E-state index >= 15 is 0 Å². The van der Waals surface area contributed by atoms with Crippen molar-refractivity contribution in [1.29, 1.82) is 0 Å². The zero-order valence-corrected chi connectivity index (χ0v) is 21.9. The molecular formula is C26H37N5O5. The molecule has 196 valence electrons. The minimum absolute atomic E-state index is 0.0460. The fourth-order valence-corrected chi connectivity index (χ4v) is 5.44. The quantitative estimate of drug-likeness (QED) is 0.612. The van der Waals surface area contributed by atoms with Gasteiger partial charge in [0.2, 0.25) is 5.91 Å². The van der Waals surface area contributed by atoms with Gasteiger partial charge in [-0.25, -0.2) is 9.59 Å². The maximum Gasteiger partial charge on any atom is 0.410 e. The number of carbonyl (C=O) groups excluding carboxylic acids is 3. The Bertz CT molecular complexity index is 1220. The number of piperidine rings is 1.